The van der Waals surface area contributed by atoms with E-state index in [2.05, 4.69) is 33.6 Å². The Bertz CT molecular complexity index is 976. The van der Waals surface area contributed by atoms with Gasteiger partial charge in [0.1, 0.15) is 18.1 Å². The first-order chi connectivity index (χ1) is 15.2. The number of nitrogens with two attached hydrogens (primary N) is 1. The second-order valence-electron chi connectivity index (χ2n) is 7.70. The summed E-state index contributed by atoms with van der Waals surface area (Å²) in [4.78, 5) is 52.0. The fourth-order valence-corrected chi connectivity index (χ4v) is 3.47. The number of H-pyrrole nitrogens is 1. The van der Waals surface area contributed by atoms with Crippen LogP contribution >= 0.6 is 12.6 Å². The number of nitrogens with one attached hydrogen (secondary N) is 4. The first kappa shape index (κ1) is 25.2. The Balaban J connectivity index is 2.22. The predicted octanol–water partition coefficient (Wildman–Crippen LogP) is -0.206. The van der Waals surface area contributed by atoms with Gasteiger partial charge >= 0.3 is 5.97 Å². The van der Waals surface area contributed by atoms with Gasteiger partial charge in [-0.15, -0.1) is 0 Å². The van der Waals surface area contributed by atoms with Gasteiger partial charge in [-0.25, -0.2) is 4.79 Å². The zero-order valence-electron chi connectivity index (χ0n) is 17.9. The van der Waals surface area contributed by atoms with Crippen molar-refractivity contribution in [3.8, 4) is 0 Å². The monoisotopic (exact) mass is 463 g/mol. The number of aliphatic carboxylic acids is 1. The smallest absolute Gasteiger partial charge is 0.327 e. The van der Waals surface area contributed by atoms with Gasteiger partial charge in [-0.3, -0.25) is 14.4 Å². The van der Waals surface area contributed by atoms with Crippen LogP contribution < -0.4 is 21.7 Å². The molecule has 32 heavy (non-hydrogen) atoms. The Kier molecular flexibility index (Phi) is 9.09. The second kappa shape index (κ2) is 11.5. The standard InChI is InChI=1S/C21H29N5O5S/c1-11(2)18(20(29)25-16(10-32)21(30)31)26-19(28)15(24-17(27)8-22)7-12-9-23-14-6-4-3-5-13(12)14/h3-6,9,11,15-16,18,23,32H,7-8,10,22H2,1-2H3,(H,24,27)(H,25,29)(H,26,28)(H,30,31). The Morgan fingerprint density at radius 3 is 2.34 bits per heavy atom. The number of aromatic amines is 1. The second-order valence-corrected chi connectivity index (χ2v) is 8.07. The minimum absolute atomic E-state index is 0.102. The Hall–Kier alpha value is -3.05. The number of aromatic nitrogens is 1. The third-order valence-electron chi connectivity index (χ3n) is 4.98. The van der Waals surface area contributed by atoms with Crippen molar-refractivity contribution in [1.29, 1.82) is 0 Å². The molecule has 0 saturated heterocycles. The lowest BCUT2D eigenvalue weighted by atomic mass is 10.0. The number of fused-ring (bicyclic) bond motifs is 1. The molecule has 0 aliphatic carbocycles. The number of para-hydroxylation sites is 1. The van der Waals surface area contributed by atoms with Gasteiger partial charge < -0.3 is 31.8 Å². The van der Waals surface area contributed by atoms with Gasteiger partial charge in [0, 0.05) is 29.3 Å². The van der Waals surface area contributed by atoms with Crippen LogP contribution in [-0.4, -0.2) is 64.2 Å². The van der Waals surface area contributed by atoms with E-state index in [9.17, 15) is 19.2 Å². The van der Waals surface area contributed by atoms with Crippen molar-refractivity contribution in [1.82, 2.24) is 20.9 Å². The summed E-state index contributed by atoms with van der Waals surface area (Å²) in [7, 11) is 0. The Morgan fingerprint density at radius 1 is 1.06 bits per heavy atom. The highest BCUT2D eigenvalue weighted by Crippen LogP contribution is 2.19. The van der Waals surface area contributed by atoms with E-state index in [1.165, 1.54) is 0 Å². The fourth-order valence-electron chi connectivity index (χ4n) is 3.22. The van der Waals surface area contributed by atoms with E-state index < -0.39 is 41.8 Å². The summed E-state index contributed by atoms with van der Waals surface area (Å²) < 4.78 is 0. The van der Waals surface area contributed by atoms with E-state index >= 15 is 0 Å². The van der Waals surface area contributed by atoms with Gasteiger partial charge in [-0.2, -0.15) is 12.6 Å². The molecular formula is C21H29N5O5S. The Labute approximate surface area is 191 Å². The lowest BCUT2D eigenvalue weighted by Gasteiger charge is -2.26. The molecule has 1 aromatic carbocycles. The highest BCUT2D eigenvalue weighted by atomic mass is 32.1. The van der Waals surface area contributed by atoms with E-state index in [0.29, 0.717) is 0 Å². The van der Waals surface area contributed by atoms with Crippen LogP contribution in [0.15, 0.2) is 30.5 Å². The van der Waals surface area contributed by atoms with Crippen molar-refractivity contribution >= 4 is 47.2 Å². The summed E-state index contributed by atoms with van der Waals surface area (Å²) in [5.41, 5.74) is 7.10. The van der Waals surface area contributed by atoms with Gasteiger partial charge in [0.15, 0.2) is 0 Å². The number of benzene rings is 1. The molecule has 3 atom stereocenters. The first-order valence-corrected chi connectivity index (χ1v) is 10.8. The normalized spacial score (nSPS) is 13.9. The largest absolute Gasteiger partial charge is 0.480 e. The maximum atomic E-state index is 13.1. The predicted molar refractivity (Wildman–Crippen MR) is 123 cm³/mol. The van der Waals surface area contributed by atoms with Crippen molar-refractivity contribution in [2.75, 3.05) is 12.3 Å². The number of carbonyl (C=O) groups excluding carboxylic acids is 3. The van der Waals surface area contributed by atoms with Crippen LogP contribution in [0, 0.1) is 5.92 Å². The zero-order valence-corrected chi connectivity index (χ0v) is 18.8. The third kappa shape index (κ3) is 6.47. The number of rotatable bonds is 11. The molecule has 3 amide bonds. The average Bonchev–Trinajstić information content (AvgIpc) is 3.17. The number of thiol groups is 1. The summed E-state index contributed by atoms with van der Waals surface area (Å²) in [5.74, 6) is -3.41. The summed E-state index contributed by atoms with van der Waals surface area (Å²) in [5, 5.41) is 17.7. The minimum Gasteiger partial charge on any atom is -0.480 e. The first-order valence-electron chi connectivity index (χ1n) is 10.2. The number of hydrogen-bond donors (Lipinski definition) is 7. The molecule has 2 aromatic rings. The highest BCUT2D eigenvalue weighted by molar-refractivity contribution is 7.80. The number of hydrogen-bond acceptors (Lipinski definition) is 6. The Morgan fingerprint density at radius 2 is 1.75 bits per heavy atom. The molecule has 0 bridgehead atoms. The number of carbonyl (C=O) groups is 4. The molecule has 1 heterocycles. The van der Waals surface area contributed by atoms with Crippen LogP contribution in [0.2, 0.25) is 0 Å². The summed E-state index contributed by atoms with van der Waals surface area (Å²) in [6.07, 6.45) is 1.93. The van der Waals surface area contributed by atoms with Crippen LogP contribution in [0.5, 0.6) is 0 Å². The molecule has 10 nitrogen and oxygen atoms in total. The average molecular weight is 464 g/mol. The molecule has 0 radical (unpaired) electrons. The molecule has 1 aromatic heterocycles. The molecule has 0 fully saturated rings. The molecule has 7 N–H and O–H groups in total. The number of carboxylic acids is 1. The maximum Gasteiger partial charge on any atom is 0.327 e. The lowest BCUT2D eigenvalue weighted by Crippen LogP contribution is -2.58. The molecule has 3 unspecified atom stereocenters. The molecule has 0 aliphatic heterocycles. The van der Waals surface area contributed by atoms with E-state index in [1.807, 2.05) is 24.3 Å². The van der Waals surface area contributed by atoms with E-state index in [0.717, 1.165) is 16.5 Å². The molecule has 2 rings (SSSR count). The van der Waals surface area contributed by atoms with Crippen LogP contribution in [0.3, 0.4) is 0 Å². The van der Waals surface area contributed by atoms with Crippen molar-refractivity contribution < 1.29 is 24.3 Å². The zero-order chi connectivity index (χ0) is 23.8. The summed E-state index contributed by atoms with van der Waals surface area (Å²) in [6, 6.07) is 4.35. The third-order valence-corrected chi connectivity index (χ3v) is 5.35. The lowest BCUT2D eigenvalue weighted by molar-refractivity contribution is -0.142. The van der Waals surface area contributed by atoms with Crippen molar-refractivity contribution in [3.05, 3.63) is 36.0 Å². The molecular weight excluding hydrogens is 434 g/mol. The topological polar surface area (TPSA) is 166 Å². The van der Waals surface area contributed by atoms with Gasteiger partial charge in [-0.05, 0) is 17.5 Å². The summed E-state index contributed by atoms with van der Waals surface area (Å²) in [6.45, 7) is 3.14. The van der Waals surface area contributed by atoms with Crippen molar-refractivity contribution in [3.63, 3.8) is 0 Å². The maximum absolute atomic E-state index is 13.1. The van der Waals surface area contributed by atoms with E-state index in [-0.39, 0.29) is 24.6 Å². The van der Waals surface area contributed by atoms with Gasteiger partial charge in [0.05, 0.1) is 6.54 Å². The molecule has 0 saturated carbocycles. The van der Waals surface area contributed by atoms with Crippen LogP contribution in [0.1, 0.15) is 19.4 Å². The van der Waals surface area contributed by atoms with Gasteiger partial charge in [0.2, 0.25) is 17.7 Å². The SMILES string of the molecule is CC(C)C(NC(=O)C(Cc1c[nH]c2ccccc12)NC(=O)CN)C(=O)NC(CS)C(=O)O. The van der Waals surface area contributed by atoms with Crippen molar-refractivity contribution in [2.24, 2.45) is 11.7 Å². The fraction of sp³-hybridized carbons (Fsp3) is 0.429. The van der Waals surface area contributed by atoms with Crippen molar-refractivity contribution in [2.45, 2.75) is 38.4 Å². The minimum atomic E-state index is -1.23. The molecule has 0 spiro atoms. The molecule has 0 aliphatic rings. The van der Waals surface area contributed by atoms with Crippen LogP contribution in [0.4, 0.5) is 0 Å². The molecule has 174 valence electrons. The number of carboxylic acid groups (broad SMARTS) is 1. The van der Waals surface area contributed by atoms with Crippen LogP contribution in [-0.2, 0) is 25.6 Å². The quantitative estimate of drug-likeness (QED) is 0.228. The summed E-state index contributed by atoms with van der Waals surface area (Å²) >= 11 is 3.93. The highest BCUT2D eigenvalue weighted by Gasteiger charge is 2.31. The number of amides is 3. The van der Waals surface area contributed by atoms with Gasteiger partial charge in [-0.1, -0.05) is 32.0 Å². The molecule has 11 heteroatoms. The van der Waals surface area contributed by atoms with Crippen LogP contribution in [0.25, 0.3) is 10.9 Å². The van der Waals surface area contributed by atoms with Gasteiger partial charge in [0.25, 0.3) is 0 Å². The van der Waals surface area contributed by atoms with E-state index in [1.54, 1.807) is 20.0 Å². The van der Waals surface area contributed by atoms with E-state index in [4.69, 9.17) is 10.8 Å².